The van der Waals surface area contributed by atoms with Gasteiger partial charge in [0, 0.05) is 19.1 Å². The highest BCUT2D eigenvalue weighted by Gasteiger charge is 2.24. The molecule has 72 valence electrons. The van der Waals surface area contributed by atoms with Gasteiger partial charge < -0.3 is 10.6 Å². The van der Waals surface area contributed by atoms with E-state index < -0.39 is 0 Å². The van der Waals surface area contributed by atoms with E-state index in [1.54, 1.807) is 0 Å². The van der Waals surface area contributed by atoms with Gasteiger partial charge in [-0.1, -0.05) is 13.8 Å². The van der Waals surface area contributed by atoms with Crippen LogP contribution in [0.3, 0.4) is 0 Å². The molecule has 0 spiro atoms. The van der Waals surface area contributed by atoms with E-state index in [0.29, 0.717) is 6.04 Å². The lowest BCUT2D eigenvalue weighted by atomic mass is 9.95. The molecule has 2 nitrogen and oxygen atoms in total. The molecule has 1 saturated heterocycles. The molecular weight excluding hydrogens is 148 g/mol. The number of hydrogen-bond acceptors (Lipinski definition) is 2. The Morgan fingerprint density at radius 2 is 2.08 bits per heavy atom. The minimum absolute atomic E-state index is 0.330. The number of nitrogens with two attached hydrogens (primary N) is 1. The maximum atomic E-state index is 5.75. The van der Waals surface area contributed by atoms with Gasteiger partial charge in [0.15, 0.2) is 0 Å². The van der Waals surface area contributed by atoms with Gasteiger partial charge >= 0.3 is 0 Å². The predicted molar refractivity (Wildman–Crippen MR) is 53.0 cm³/mol. The van der Waals surface area contributed by atoms with Crippen LogP contribution in [0.5, 0.6) is 0 Å². The molecule has 0 saturated carbocycles. The van der Waals surface area contributed by atoms with Crippen molar-refractivity contribution in [3.8, 4) is 0 Å². The molecule has 0 bridgehead atoms. The Kier molecular flexibility index (Phi) is 3.53. The Balaban J connectivity index is 2.26. The van der Waals surface area contributed by atoms with Crippen LogP contribution >= 0.6 is 0 Å². The van der Waals surface area contributed by atoms with Crippen LogP contribution < -0.4 is 5.73 Å². The standard InChI is InChI=1S/C10H22N2/c1-8(2)10-4-5-12(7-10)6-9(3)11/h8-10H,4-7,11H2,1-3H3. The second-order valence-electron chi connectivity index (χ2n) is 4.53. The van der Waals surface area contributed by atoms with E-state index in [1.807, 2.05) is 0 Å². The highest BCUT2D eigenvalue weighted by molar-refractivity contribution is 4.78. The zero-order chi connectivity index (χ0) is 9.14. The van der Waals surface area contributed by atoms with Gasteiger partial charge in [0.25, 0.3) is 0 Å². The zero-order valence-corrected chi connectivity index (χ0v) is 8.59. The smallest absolute Gasteiger partial charge is 0.0139 e. The number of likely N-dealkylation sites (tertiary alicyclic amines) is 1. The minimum atomic E-state index is 0.330. The molecule has 2 heteroatoms. The van der Waals surface area contributed by atoms with Crippen molar-refractivity contribution in [3.05, 3.63) is 0 Å². The molecular formula is C10H22N2. The molecule has 1 rings (SSSR count). The topological polar surface area (TPSA) is 29.3 Å². The van der Waals surface area contributed by atoms with Crippen LogP contribution in [0.1, 0.15) is 27.2 Å². The van der Waals surface area contributed by atoms with Crippen LogP contribution in [-0.2, 0) is 0 Å². The average molecular weight is 170 g/mol. The van der Waals surface area contributed by atoms with Gasteiger partial charge in [0.05, 0.1) is 0 Å². The number of hydrogen-bond donors (Lipinski definition) is 1. The second-order valence-corrected chi connectivity index (χ2v) is 4.53. The predicted octanol–water partition coefficient (Wildman–Crippen LogP) is 1.31. The lowest BCUT2D eigenvalue weighted by molar-refractivity contribution is 0.291. The van der Waals surface area contributed by atoms with E-state index >= 15 is 0 Å². The maximum absolute atomic E-state index is 5.75. The largest absolute Gasteiger partial charge is 0.327 e. The van der Waals surface area contributed by atoms with Crippen LogP contribution in [0.2, 0.25) is 0 Å². The molecule has 2 N–H and O–H groups in total. The summed E-state index contributed by atoms with van der Waals surface area (Å²) in [6.07, 6.45) is 1.37. The molecule has 0 radical (unpaired) electrons. The first-order valence-corrected chi connectivity index (χ1v) is 5.07. The van der Waals surface area contributed by atoms with Crippen molar-refractivity contribution in [1.29, 1.82) is 0 Å². The van der Waals surface area contributed by atoms with Crippen molar-refractivity contribution in [3.63, 3.8) is 0 Å². The van der Waals surface area contributed by atoms with Crippen LogP contribution in [0.4, 0.5) is 0 Å². The van der Waals surface area contributed by atoms with Crippen LogP contribution in [0.15, 0.2) is 0 Å². The van der Waals surface area contributed by atoms with Crippen molar-refractivity contribution >= 4 is 0 Å². The van der Waals surface area contributed by atoms with Crippen molar-refractivity contribution in [2.75, 3.05) is 19.6 Å². The third-order valence-corrected chi connectivity index (χ3v) is 2.80. The van der Waals surface area contributed by atoms with Crippen molar-refractivity contribution < 1.29 is 0 Å². The van der Waals surface area contributed by atoms with Crippen LogP contribution in [-0.4, -0.2) is 30.6 Å². The van der Waals surface area contributed by atoms with E-state index in [9.17, 15) is 0 Å². The molecule has 2 unspecified atom stereocenters. The Hall–Kier alpha value is -0.0800. The number of rotatable bonds is 3. The highest BCUT2D eigenvalue weighted by atomic mass is 15.2. The molecule has 0 amide bonds. The fourth-order valence-corrected chi connectivity index (χ4v) is 1.98. The first-order chi connectivity index (χ1) is 5.59. The summed E-state index contributed by atoms with van der Waals surface area (Å²) in [7, 11) is 0. The van der Waals surface area contributed by atoms with E-state index in [-0.39, 0.29) is 0 Å². The average Bonchev–Trinajstić information content (AvgIpc) is 2.34. The molecule has 1 heterocycles. The maximum Gasteiger partial charge on any atom is 0.0139 e. The van der Waals surface area contributed by atoms with Gasteiger partial charge in [0.2, 0.25) is 0 Å². The Labute approximate surface area is 76.1 Å². The molecule has 2 atom stereocenters. The monoisotopic (exact) mass is 170 g/mol. The summed E-state index contributed by atoms with van der Waals surface area (Å²) in [6, 6.07) is 0.330. The highest BCUT2D eigenvalue weighted by Crippen LogP contribution is 2.23. The zero-order valence-electron chi connectivity index (χ0n) is 8.59. The molecule has 0 aliphatic carbocycles. The third-order valence-electron chi connectivity index (χ3n) is 2.80. The lowest BCUT2D eigenvalue weighted by Gasteiger charge is -2.19. The second kappa shape index (κ2) is 4.24. The summed E-state index contributed by atoms with van der Waals surface area (Å²) in [5.74, 6) is 1.74. The van der Waals surface area contributed by atoms with Gasteiger partial charge in [-0.2, -0.15) is 0 Å². The quantitative estimate of drug-likeness (QED) is 0.692. The van der Waals surface area contributed by atoms with Gasteiger partial charge in [-0.05, 0) is 31.7 Å². The van der Waals surface area contributed by atoms with Crippen molar-refractivity contribution in [2.45, 2.75) is 33.2 Å². The fourth-order valence-electron chi connectivity index (χ4n) is 1.98. The van der Waals surface area contributed by atoms with Gasteiger partial charge in [0.1, 0.15) is 0 Å². The minimum Gasteiger partial charge on any atom is -0.327 e. The molecule has 0 aromatic rings. The van der Waals surface area contributed by atoms with Gasteiger partial charge in [-0.3, -0.25) is 0 Å². The SMILES string of the molecule is CC(N)CN1CCC(C(C)C)C1. The van der Waals surface area contributed by atoms with Crippen molar-refractivity contribution in [2.24, 2.45) is 17.6 Å². The summed E-state index contributed by atoms with van der Waals surface area (Å²) >= 11 is 0. The summed E-state index contributed by atoms with van der Waals surface area (Å²) in [5, 5.41) is 0. The summed E-state index contributed by atoms with van der Waals surface area (Å²) < 4.78 is 0. The summed E-state index contributed by atoms with van der Waals surface area (Å²) in [4.78, 5) is 2.50. The van der Waals surface area contributed by atoms with E-state index in [2.05, 4.69) is 25.7 Å². The lowest BCUT2D eigenvalue weighted by Crippen LogP contribution is -2.34. The van der Waals surface area contributed by atoms with E-state index in [0.717, 1.165) is 18.4 Å². The molecule has 0 aromatic heterocycles. The number of nitrogens with zero attached hydrogens (tertiary/aromatic N) is 1. The van der Waals surface area contributed by atoms with Crippen LogP contribution in [0.25, 0.3) is 0 Å². The molecule has 0 aromatic carbocycles. The molecule has 12 heavy (non-hydrogen) atoms. The Bertz CT molecular complexity index is 132. The Morgan fingerprint density at radius 1 is 1.42 bits per heavy atom. The fraction of sp³-hybridized carbons (Fsp3) is 1.00. The summed E-state index contributed by atoms with van der Waals surface area (Å²) in [6.45, 7) is 10.3. The van der Waals surface area contributed by atoms with Crippen LogP contribution in [0, 0.1) is 11.8 Å². The van der Waals surface area contributed by atoms with Crippen molar-refractivity contribution in [1.82, 2.24) is 4.90 Å². The molecule has 1 fully saturated rings. The first-order valence-electron chi connectivity index (χ1n) is 5.07. The molecule has 1 aliphatic heterocycles. The molecule has 1 aliphatic rings. The van der Waals surface area contributed by atoms with E-state index in [1.165, 1.54) is 19.5 Å². The van der Waals surface area contributed by atoms with Gasteiger partial charge in [-0.25, -0.2) is 0 Å². The van der Waals surface area contributed by atoms with Gasteiger partial charge in [-0.15, -0.1) is 0 Å². The third kappa shape index (κ3) is 2.76. The summed E-state index contributed by atoms with van der Waals surface area (Å²) in [5.41, 5.74) is 5.75. The normalized spacial score (nSPS) is 28.2. The Morgan fingerprint density at radius 3 is 2.50 bits per heavy atom. The first kappa shape index (κ1) is 10.0. The van der Waals surface area contributed by atoms with E-state index in [4.69, 9.17) is 5.73 Å².